The van der Waals surface area contributed by atoms with Gasteiger partial charge in [-0.2, -0.15) is 0 Å². The third-order valence-corrected chi connectivity index (χ3v) is 6.94. The average molecular weight is 424 g/mol. The lowest BCUT2D eigenvalue weighted by molar-refractivity contribution is -0.136. The van der Waals surface area contributed by atoms with Gasteiger partial charge in [-0.1, -0.05) is 24.3 Å². The predicted molar refractivity (Wildman–Crippen MR) is 119 cm³/mol. The van der Waals surface area contributed by atoms with Crippen molar-refractivity contribution in [3.63, 3.8) is 0 Å². The molecule has 0 aromatic heterocycles. The van der Waals surface area contributed by atoms with E-state index in [0.717, 1.165) is 27.4 Å². The van der Waals surface area contributed by atoms with Gasteiger partial charge in [0.25, 0.3) is 0 Å². The molecule has 6 nitrogen and oxygen atoms in total. The molecule has 30 heavy (non-hydrogen) atoms. The summed E-state index contributed by atoms with van der Waals surface area (Å²) in [6.45, 7) is 4.93. The summed E-state index contributed by atoms with van der Waals surface area (Å²) in [6, 6.07) is 13.5. The number of benzene rings is 2. The van der Waals surface area contributed by atoms with Gasteiger partial charge in [0.2, 0.25) is 17.7 Å². The molecule has 1 atom stereocenters. The molecule has 2 aliphatic rings. The maximum atomic E-state index is 13.0. The van der Waals surface area contributed by atoms with Gasteiger partial charge in [0, 0.05) is 29.6 Å². The molecule has 2 N–H and O–H groups in total. The number of carbonyl (C=O) groups is 3. The second-order valence-corrected chi connectivity index (χ2v) is 9.04. The molecule has 0 saturated carbocycles. The van der Waals surface area contributed by atoms with Crippen molar-refractivity contribution in [2.75, 3.05) is 23.7 Å². The Morgan fingerprint density at radius 3 is 2.60 bits per heavy atom. The molecule has 0 aliphatic carbocycles. The van der Waals surface area contributed by atoms with E-state index in [0.29, 0.717) is 25.9 Å². The van der Waals surface area contributed by atoms with Crippen molar-refractivity contribution in [1.82, 2.24) is 4.90 Å². The summed E-state index contributed by atoms with van der Waals surface area (Å²) in [7, 11) is 0. The Morgan fingerprint density at radius 1 is 1.10 bits per heavy atom. The van der Waals surface area contributed by atoms with E-state index in [-0.39, 0.29) is 23.6 Å². The summed E-state index contributed by atoms with van der Waals surface area (Å²) in [5.41, 5.74) is 3.72. The molecule has 1 saturated heterocycles. The van der Waals surface area contributed by atoms with E-state index in [9.17, 15) is 14.4 Å². The summed E-state index contributed by atoms with van der Waals surface area (Å²) >= 11 is 1.30. The summed E-state index contributed by atoms with van der Waals surface area (Å²) in [5.74, 6) is -0.601. The lowest BCUT2D eigenvalue weighted by Gasteiger charge is -2.34. The van der Waals surface area contributed by atoms with Crippen LogP contribution in [-0.4, -0.2) is 41.0 Å². The van der Waals surface area contributed by atoms with Crippen molar-refractivity contribution in [1.29, 1.82) is 0 Å². The van der Waals surface area contributed by atoms with E-state index in [2.05, 4.69) is 10.6 Å². The Bertz CT molecular complexity index is 999. The fourth-order valence-electron chi connectivity index (χ4n) is 3.85. The normalized spacial score (nSPS) is 19.1. The molecular weight excluding hydrogens is 398 g/mol. The van der Waals surface area contributed by atoms with Crippen LogP contribution in [0.2, 0.25) is 0 Å². The number of hydrogen-bond donors (Lipinski definition) is 2. The Morgan fingerprint density at radius 2 is 1.83 bits per heavy atom. The largest absolute Gasteiger partial charge is 0.341 e. The lowest BCUT2D eigenvalue weighted by Crippen LogP contribution is -2.48. The summed E-state index contributed by atoms with van der Waals surface area (Å²) in [4.78, 5) is 40.7. The highest BCUT2D eigenvalue weighted by atomic mass is 32.2. The van der Waals surface area contributed by atoms with Gasteiger partial charge in [-0.05, 0) is 56.0 Å². The number of fused-ring (bicyclic) bond motifs is 1. The minimum absolute atomic E-state index is 0.00508. The number of para-hydroxylation sites is 1. The van der Waals surface area contributed by atoms with Gasteiger partial charge in [-0.15, -0.1) is 11.8 Å². The quantitative estimate of drug-likeness (QED) is 0.740. The number of rotatable bonds is 3. The van der Waals surface area contributed by atoms with Crippen LogP contribution >= 0.6 is 11.8 Å². The number of likely N-dealkylation sites (tertiary alicyclic amines) is 1. The third kappa shape index (κ3) is 4.21. The number of anilines is 2. The Labute approximate surface area is 180 Å². The highest BCUT2D eigenvalue weighted by Gasteiger charge is 2.37. The van der Waals surface area contributed by atoms with Crippen LogP contribution in [0.4, 0.5) is 11.4 Å². The SMILES string of the molecule is Cc1ccc(C)c(NC(=O)C2CCN(C(=O)[C@H]3Sc4ccccc4NC3=O)CC2)c1. The first-order valence-corrected chi connectivity index (χ1v) is 11.0. The molecule has 1 fully saturated rings. The molecule has 2 aromatic rings. The van der Waals surface area contributed by atoms with Crippen LogP contribution in [0.25, 0.3) is 0 Å². The third-order valence-electron chi connectivity index (χ3n) is 5.68. The molecule has 0 unspecified atom stereocenters. The predicted octanol–water partition coefficient (Wildman–Crippen LogP) is 3.59. The number of amides is 3. The first kappa shape index (κ1) is 20.5. The van der Waals surface area contributed by atoms with Crippen molar-refractivity contribution >= 4 is 40.9 Å². The number of thioether (sulfide) groups is 1. The Hall–Kier alpha value is -2.80. The van der Waals surface area contributed by atoms with Gasteiger partial charge in [0.15, 0.2) is 5.25 Å². The Balaban J connectivity index is 1.35. The first-order chi connectivity index (χ1) is 14.4. The van der Waals surface area contributed by atoms with Crippen LogP contribution in [0.3, 0.4) is 0 Å². The molecule has 156 valence electrons. The van der Waals surface area contributed by atoms with Crippen LogP contribution in [0.1, 0.15) is 24.0 Å². The van der Waals surface area contributed by atoms with Crippen molar-refractivity contribution in [2.45, 2.75) is 36.8 Å². The number of piperidine rings is 1. The fraction of sp³-hybridized carbons (Fsp3) is 0.348. The first-order valence-electron chi connectivity index (χ1n) is 10.2. The van der Waals surface area contributed by atoms with Crippen LogP contribution in [0.15, 0.2) is 47.4 Å². The number of hydrogen-bond acceptors (Lipinski definition) is 4. The van der Waals surface area contributed by atoms with E-state index in [1.807, 2.05) is 56.3 Å². The van der Waals surface area contributed by atoms with Crippen LogP contribution in [0, 0.1) is 19.8 Å². The van der Waals surface area contributed by atoms with E-state index in [1.165, 1.54) is 11.8 Å². The van der Waals surface area contributed by atoms with E-state index >= 15 is 0 Å². The topological polar surface area (TPSA) is 78.5 Å². The number of nitrogens with zero attached hydrogens (tertiary/aromatic N) is 1. The molecule has 2 aliphatic heterocycles. The van der Waals surface area contributed by atoms with Crippen molar-refractivity contribution < 1.29 is 14.4 Å². The monoisotopic (exact) mass is 423 g/mol. The molecule has 0 radical (unpaired) electrons. The Kier molecular flexibility index (Phi) is 5.81. The zero-order chi connectivity index (χ0) is 21.3. The average Bonchev–Trinajstić information content (AvgIpc) is 2.75. The second kappa shape index (κ2) is 8.52. The molecular formula is C23H25N3O3S. The highest BCUT2D eigenvalue weighted by molar-refractivity contribution is 8.01. The van der Waals surface area contributed by atoms with E-state index in [1.54, 1.807) is 4.90 Å². The van der Waals surface area contributed by atoms with Gasteiger partial charge < -0.3 is 15.5 Å². The standard InChI is InChI=1S/C23H25N3O3S/c1-14-7-8-15(2)18(13-14)25-21(27)16-9-11-26(12-10-16)23(29)20-22(28)24-17-5-3-4-6-19(17)30-20/h3-8,13,16,20H,9-12H2,1-2H3,(H,24,28)(H,25,27)/t20-/m0/s1. The van der Waals surface area contributed by atoms with E-state index < -0.39 is 5.25 Å². The van der Waals surface area contributed by atoms with Gasteiger partial charge in [0.05, 0.1) is 5.69 Å². The van der Waals surface area contributed by atoms with Crippen LogP contribution < -0.4 is 10.6 Å². The second-order valence-electron chi connectivity index (χ2n) is 7.89. The van der Waals surface area contributed by atoms with Crippen LogP contribution in [0.5, 0.6) is 0 Å². The lowest BCUT2D eigenvalue weighted by atomic mass is 9.95. The minimum Gasteiger partial charge on any atom is -0.341 e. The van der Waals surface area contributed by atoms with Crippen molar-refractivity contribution in [3.8, 4) is 0 Å². The van der Waals surface area contributed by atoms with Gasteiger partial charge in [-0.3, -0.25) is 14.4 Å². The van der Waals surface area contributed by atoms with Crippen molar-refractivity contribution in [2.24, 2.45) is 5.92 Å². The summed E-state index contributed by atoms with van der Waals surface area (Å²) in [5, 5.41) is 5.08. The fourth-order valence-corrected chi connectivity index (χ4v) is 4.92. The minimum atomic E-state index is -0.778. The van der Waals surface area contributed by atoms with Crippen LogP contribution in [-0.2, 0) is 14.4 Å². The molecule has 0 spiro atoms. The zero-order valence-electron chi connectivity index (χ0n) is 17.1. The summed E-state index contributed by atoms with van der Waals surface area (Å²) in [6.07, 6.45) is 1.19. The molecule has 7 heteroatoms. The number of carbonyl (C=O) groups excluding carboxylic acids is 3. The zero-order valence-corrected chi connectivity index (χ0v) is 17.9. The van der Waals surface area contributed by atoms with Gasteiger partial charge >= 0.3 is 0 Å². The smallest absolute Gasteiger partial charge is 0.247 e. The maximum Gasteiger partial charge on any atom is 0.247 e. The summed E-state index contributed by atoms with van der Waals surface area (Å²) < 4.78 is 0. The molecule has 3 amide bonds. The number of aryl methyl sites for hydroxylation is 2. The number of nitrogens with one attached hydrogen (secondary N) is 2. The molecule has 4 rings (SSSR count). The molecule has 2 aromatic carbocycles. The molecule has 2 heterocycles. The molecule has 0 bridgehead atoms. The maximum absolute atomic E-state index is 13.0. The van der Waals surface area contributed by atoms with Crippen molar-refractivity contribution in [3.05, 3.63) is 53.6 Å². The highest BCUT2D eigenvalue weighted by Crippen LogP contribution is 2.36. The van der Waals surface area contributed by atoms with Gasteiger partial charge in [-0.25, -0.2) is 0 Å². The van der Waals surface area contributed by atoms with E-state index in [4.69, 9.17) is 0 Å². The van der Waals surface area contributed by atoms with Gasteiger partial charge in [0.1, 0.15) is 0 Å².